The first-order chi connectivity index (χ1) is 8.06. The molecule has 0 aromatic heterocycles. The zero-order valence-corrected chi connectivity index (χ0v) is 11.6. The van der Waals surface area contributed by atoms with Crippen LogP contribution < -0.4 is 0 Å². The van der Waals surface area contributed by atoms with Crippen LogP contribution in [0.5, 0.6) is 0 Å². The summed E-state index contributed by atoms with van der Waals surface area (Å²) >= 11 is 0. The van der Waals surface area contributed by atoms with E-state index in [9.17, 15) is 12.3 Å². The van der Waals surface area contributed by atoms with E-state index in [1.807, 2.05) is 0 Å². The van der Waals surface area contributed by atoms with Crippen LogP contribution in [0.15, 0.2) is 0 Å². The van der Waals surface area contributed by atoms with Crippen LogP contribution in [0.1, 0.15) is 71.1 Å². The molecule has 0 aliphatic carbocycles. The number of rotatable bonds is 12. The third kappa shape index (κ3) is 15.8. The van der Waals surface area contributed by atoms with E-state index in [-0.39, 0.29) is 6.61 Å². The average Bonchev–Trinajstić information content (AvgIpc) is 2.24. The average molecular weight is 268 g/mol. The van der Waals surface area contributed by atoms with Gasteiger partial charge in [-0.05, 0) is 6.42 Å². The van der Waals surface area contributed by atoms with Gasteiger partial charge in [-0.2, -0.15) is 8.42 Å². The maximum Gasteiger partial charge on any atom is 0.437 e. The van der Waals surface area contributed by atoms with Gasteiger partial charge in [0, 0.05) is 0 Å². The van der Waals surface area contributed by atoms with Crippen LogP contribution in [0.4, 0.5) is 3.89 Å². The molecule has 0 spiro atoms. The van der Waals surface area contributed by atoms with Crippen LogP contribution in [0, 0.1) is 0 Å². The van der Waals surface area contributed by atoms with E-state index >= 15 is 0 Å². The summed E-state index contributed by atoms with van der Waals surface area (Å²) in [6.07, 6.45) is 11.5. The van der Waals surface area contributed by atoms with E-state index in [2.05, 4.69) is 11.1 Å². The summed E-state index contributed by atoms with van der Waals surface area (Å²) in [7, 11) is -4.73. The highest BCUT2D eigenvalue weighted by Gasteiger charge is 2.05. The summed E-state index contributed by atoms with van der Waals surface area (Å²) in [6.45, 7) is 2.18. The van der Waals surface area contributed by atoms with Gasteiger partial charge < -0.3 is 0 Å². The Morgan fingerprint density at radius 2 is 1.24 bits per heavy atom. The lowest BCUT2D eigenvalue weighted by molar-refractivity contribution is 0.284. The van der Waals surface area contributed by atoms with E-state index in [1.165, 1.54) is 44.9 Å². The molecule has 0 rings (SSSR count). The Morgan fingerprint density at radius 3 is 1.65 bits per heavy atom. The molecule has 3 nitrogen and oxygen atoms in total. The summed E-state index contributed by atoms with van der Waals surface area (Å²) in [5, 5.41) is 0. The fourth-order valence-electron chi connectivity index (χ4n) is 1.75. The van der Waals surface area contributed by atoms with E-state index in [0.29, 0.717) is 6.42 Å². The predicted molar refractivity (Wildman–Crippen MR) is 67.8 cm³/mol. The largest absolute Gasteiger partial charge is 0.437 e. The molecule has 0 aromatic rings. The molecular weight excluding hydrogens is 243 g/mol. The number of unbranched alkanes of at least 4 members (excludes halogenated alkanes) is 9. The molecule has 0 amide bonds. The summed E-state index contributed by atoms with van der Waals surface area (Å²) in [5.74, 6) is 0. The van der Waals surface area contributed by atoms with Gasteiger partial charge in [-0.25, -0.2) is 4.18 Å². The normalized spacial score (nSPS) is 11.9. The van der Waals surface area contributed by atoms with Gasteiger partial charge in [0.2, 0.25) is 0 Å². The van der Waals surface area contributed by atoms with Gasteiger partial charge in [0.15, 0.2) is 0 Å². The van der Waals surface area contributed by atoms with Crippen molar-refractivity contribution >= 4 is 10.5 Å². The van der Waals surface area contributed by atoms with Crippen molar-refractivity contribution < 1.29 is 16.5 Å². The lowest BCUT2D eigenvalue weighted by Crippen LogP contribution is -2.00. The number of hydrogen-bond acceptors (Lipinski definition) is 3. The molecule has 104 valence electrons. The maximum atomic E-state index is 11.9. The van der Waals surface area contributed by atoms with Gasteiger partial charge in [-0.1, -0.05) is 68.6 Å². The molecule has 0 atom stereocenters. The molecule has 0 saturated heterocycles. The topological polar surface area (TPSA) is 43.4 Å². The smallest absolute Gasteiger partial charge is 0.245 e. The van der Waals surface area contributed by atoms with Gasteiger partial charge in [-0.3, -0.25) is 0 Å². The molecule has 17 heavy (non-hydrogen) atoms. The lowest BCUT2D eigenvalue weighted by atomic mass is 10.1. The molecule has 0 unspecified atom stereocenters. The van der Waals surface area contributed by atoms with Crippen molar-refractivity contribution in [3.8, 4) is 0 Å². The Labute approximate surface area is 105 Å². The van der Waals surface area contributed by atoms with Crippen molar-refractivity contribution in [2.75, 3.05) is 6.61 Å². The molecular formula is C12H25FO3S. The minimum Gasteiger partial charge on any atom is -0.245 e. The minimum atomic E-state index is -4.73. The maximum absolute atomic E-state index is 11.9. The third-order valence-electron chi connectivity index (χ3n) is 2.72. The molecule has 0 aliphatic rings. The second-order valence-corrected chi connectivity index (χ2v) is 5.42. The van der Waals surface area contributed by atoms with E-state index < -0.39 is 10.5 Å². The van der Waals surface area contributed by atoms with Gasteiger partial charge >= 0.3 is 10.5 Å². The molecule has 0 saturated carbocycles. The Kier molecular flexibility index (Phi) is 10.9. The van der Waals surface area contributed by atoms with Crippen molar-refractivity contribution in [2.24, 2.45) is 0 Å². The second kappa shape index (κ2) is 11.0. The Hall–Kier alpha value is -0.160. The molecule has 0 bridgehead atoms. The number of hydrogen-bond donors (Lipinski definition) is 0. The summed E-state index contributed by atoms with van der Waals surface area (Å²) in [5.41, 5.74) is 0. The first kappa shape index (κ1) is 16.8. The third-order valence-corrected chi connectivity index (χ3v) is 3.17. The Bertz CT molecular complexity index is 252. The Balaban J connectivity index is 3.04. The van der Waals surface area contributed by atoms with Crippen LogP contribution >= 0.6 is 0 Å². The Morgan fingerprint density at radius 1 is 0.824 bits per heavy atom. The van der Waals surface area contributed by atoms with Crippen LogP contribution in [0.3, 0.4) is 0 Å². The van der Waals surface area contributed by atoms with Crippen LogP contribution in [0.2, 0.25) is 0 Å². The van der Waals surface area contributed by atoms with Crippen LogP contribution in [0.25, 0.3) is 0 Å². The lowest BCUT2D eigenvalue weighted by Gasteiger charge is -2.01. The van der Waals surface area contributed by atoms with Crippen LogP contribution in [-0.2, 0) is 14.7 Å². The molecule has 5 heteroatoms. The molecule has 0 radical (unpaired) electrons. The zero-order valence-electron chi connectivity index (χ0n) is 10.8. The standard InChI is InChI=1S/C12H25FO3S/c1-2-3-4-5-6-7-8-9-10-11-12-16-17(13,14)15/h2-12H2,1H3. The highest BCUT2D eigenvalue weighted by atomic mass is 32.3. The van der Waals surface area contributed by atoms with Gasteiger partial charge in [0.05, 0.1) is 6.61 Å². The quantitative estimate of drug-likeness (QED) is 0.394. The first-order valence-electron chi connectivity index (χ1n) is 6.65. The molecule has 0 fully saturated rings. The SMILES string of the molecule is CCCCCCCCCCCCOS(=O)(=O)F. The predicted octanol–water partition coefficient (Wildman–Crippen LogP) is 4.14. The van der Waals surface area contributed by atoms with E-state index in [1.54, 1.807) is 0 Å². The van der Waals surface area contributed by atoms with Crippen LogP contribution in [-0.4, -0.2) is 15.0 Å². The molecule has 0 N–H and O–H groups in total. The second-order valence-electron chi connectivity index (χ2n) is 4.40. The first-order valence-corrected chi connectivity index (χ1v) is 7.96. The van der Waals surface area contributed by atoms with Gasteiger partial charge in [-0.15, -0.1) is 0 Å². The van der Waals surface area contributed by atoms with Gasteiger partial charge in [0.1, 0.15) is 0 Å². The van der Waals surface area contributed by atoms with Crippen molar-refractivity contribution in [1.29, 1.82) is 0 Å². The summed E-state index contributed by atoms with van der Waals surface area (Å²) < 4.78 is 35.9. The summed E-state index contributed by atoms with van der Waals surface area (Å²) in [6, 6.07) is 0. The molecule has 0 heterocycles. The van der Waals surface area contributed by atoms with Gasteiger partial charge in [0.25, 0.3) is 0 Å². The molecule has 0 aromatic carbocycles. The van der Waals surface area contributed by atoms with Crippen molar-refractivity contribution in [3.05, 3.63) is 0 Å². The van der Waals surface area contributed by atoms with Crippen molar-refractivity contribution in [3.63, 3.8) is 0 Å². The van der Waals surface area contributed by atoms with E-state index in [4.69, 9.17) is 0 Å². The number of halogens is 1. The highest BCUT2D eigenvalue weighted by Crippen LogP contribution is 2.10. The fourth-order valence-corrected chi connectivity index (χ4v) is 2.06. The van der Waals surface area contributed by atoms with Crippen molar-refractivity contribution in [1.82, 2.24) is 0 Å². The van der Waals surface area contributed by atoms with E-state index in [0.717, 1.165) is 12.8 Å². The highest BCUT2D eigenvalue weighted by molar-refractivity contribution is 7.81. The minimum absolute atomic E-state index is 0.0324. The fraction of sp³-hybridized carbons (Fsp3) is 1.00. The van der Waals surface area contributed by atoms with Crippen molar-refractivity contribution in [2.45, 2.75) is 71.1 Å². The zero-order chi connectivity index (χ0) is 13.0. The summed E-state index contributed by atoms with van der Waals surface area (Å²) in [4.78, 5) is 0. The molecule has 0 aliphatic heterocycles. The monoisotopic (exact) mass is 268 g/mol.